The van der Waals surface area contributed by atoms with Gasteiger partial charge >= 0.3 is 5.97 Å². The normalized spacial score (nSPS) is 26.0. The highest BCUT2D eigenvalue weighted by Gasteiger charge is 2.27. The van der Waals surface area contributed by atoms with Gasteiger partial charge in [0, 0.05) is 31.2 Å². The second kappa shape index (κ2) is 5.65. The van der Waals surface area contributed by atoms with Crippen LogP contribution in [-0.2, 0) is 9.59 Å². The summed E-state index contributed by atoms with van der Waals surface area (Å²) in [4.78, 5) is 23.4. The number of carbonyl (C=O) groups is 2. The molecule has 0 aromatic heterocycles. The zero-order valence-electron chi connectivity index (χ0n) is 9.30. The van der Waals surface area contributed by atoms with Crippen LogP contribution in [0, 0.1) is 5.92 Å². The average Bonchev–Trinajstić information content (AvgIpc) is 2.26. The molecule has 0 unspecified atom stereocenters. The quantitative estimate of drug-likeness (QED) is 0.677. The van der Waals surface area contributed by atoms with Crippen LogP contribution in [0.2, 0.25) is 0 Å². The van der Waals surface area contributed by atoms with Crippen LogP contribution < -0.4 is 0 Å². The summed E-state index contributed by atoms with van der Waals surface area (Å²) in [6, 6.07) is 0. The molecule has 2 atom stereocenters. The third kappa shape index (κ3) is 3.34. The minimum atomic E-state index is -1.13. The van der Waals surface area contributed by atoms with Crippen molar-refractivity contribution in [3.8, 4) is 0 Å². The van der Waals surface area contributed by atoms with E-state index in [1.165, 1.54) is 0 Å². The molecule has 0 spiro atoms. The van der Waals surface area contributed by atoms with Crippen LogP contribution in [0.4, 0.5) is 0 Å². The highest BCUT2D eigenvalue weighted by atomic mass is 16.4. The number of aliphatic hydroxyl groups is 1. The molecule has 1 rings (SSSR count). The number of carboxylic acids is 1. The van der Waals surface area contributed by atoms with Crippen LogP contribution in [0.15, 0.2) is 12.2 Å². The van der Waals surface area contributed by atoms with E-state index in [1.54, 1.807) is 4.90 Å². The van der Waals surface area contributed by atoms with E-state index in [9.17, 15) is 14.7 Å². The first-order valence-corrected chi connectivity index (χ1v) is 5.42. The van der Waals surface area contributed by atoms with E-state index >= 15 is 0 Å². The number of carboxylic acid groups (broad SMARTS) is 1. The zero-order chi connectivity index (χ0) is 12.1. The van der Waals surface area contributed by atoms with Crippen LogP contribution in [0.25, 0.3) is 0 Å². The first-order chi connectivity index (χ1) is 7.54. The summed E-state index contributed by atoms with van der Waals surface area (Å²) in [6.45, 7) is 2.95. The van der Waals surface area contributed by atoms with Crippen LogP contribution in [0.1, 0.15) is 19.8 Å². The number of hydrogen-bond acceptors (Lipinski definition) is 3. The summed E-state index contributed by atoms with van der Waals surface area (Å²) in [5.74, 6) is -1.33. The maximum Gasteiger partial charge on any atom is 0.328 e. The molecular weight excluding hydrogens is 210 g/mol. The van der Waals surface area contributed by atoms with Gasteiger partial charge in [0.1, 0.15) is 0 Å². The van der Waals surface area contributed by atoms with Crippen molar-refractivity contribution in [2.45, 2.75) is 25.9 Å². The van der Waals surface area contributed by atoms with Gasteiger partial charge < -0.3 is 15.1 Å². The number of rotatable bonds is 3. The minimum Gasteiger partial charge on any atom is -0.478 e. The van der Waals surface area contributed by atoms with E-state index < -0.39 is 5.97 Å². The van der Waals surface area contributed by atoms with E-state index in [2.05, 4.69) is 0 Å². The second-order valence-corrected chi connectivity index (χ2v) is 3.98. The molecule has 1 heterocycles. The van der Waals surface area contributed by atoms with Crippen molar-refractivity contribution in [1.82, 2.24) is 4.90 Å². The Bertz CT molecular complexity index is 300. The lowest BCUT2D eigenvalue weighted by Crippen LogP contribution is -2.45. The lowest BCUT2D eigenvalue weighted by Gasteiger charge is -2.35. The van der Waals surface area contributed by atoms with Gasteiger partial charge in [-0.1, -0.05) is 6.92 Å². The molecule has 5 heteroatoms. The van der Waals surface area contributed by atoms with Crippen molar-refractivity contribution in [3.05, 3.63) is 12.2 Å². The van der Waals surface area contributed by atoms with Crippen molar-refractivity contribution < 1.29 is 19.8 Å². The maximum atomic E-state index is 11.6. The fourth-order valence-corrected chi connectivity index (χ4v) is 1.87. The first-order valence-electron chi connectivity index (χ1n) is 5.42. The first kappa shape index (κ1) is 12.7. The summed E-state index contributed by atoms with van der Waals surface area (Å²) in [7, 11) is 0. The van der Waals surface area contributed by atoms with E-state index in [-0.39, 0.29) is 17.9 Å². The second-order valence-electron chi connectivity index (χ2n) is 3.98. The molecule has 1 amide bonds. The molecule has 1 fully saturated rings. The molecule has 0 bridgehead atoms. The topological polar surface area (TPSA) is 77.8 Å². The Morgan fingerprint density at radius 1 is 1.44 bits per heavy atom. The molecule has 1 aliphatic heterocycles. The summed E-state index contributed by atoms with van der Waals surface area (Å²) in [5, 5.41) is 18.0. The Balaban J connectivity index is 2.55. The predicted molar refractivity (Wildman–Crippen MR) is 57.8 cm³/mol. The van der Waals surface area contributed by atoms with Crippen LogP contribution in [0.3, 0.4) is 0 Å². The molecule has 0 aromatic rings. The van der Waals surface area contributed by atoms with Crippen molar-refractivity contribution in [2.24, 2.45) is 5.92 Å². The third-order valence-electron chi connectivity index (χ3n) is 2.90. The Kier molecular flexibility index (Phi) is 4.49. The Morgan fingerprint density at radius 2 is 2.12 bits per heavy atom. The van der Waals surface area contributed by atoms with Crippen LogP contribution in [0.5, 0.6) is 0 Å². The molecule has 16 heavy (non-hydrogen) atoms. The van der Waals surface area contributed by atoms with Gasteiger partial charge in [-0.15, -0.1) is 0 Å². The molecule has 0 aliphatic carbocycles. The van der Waals surface area contributed by atoms with Gasteiger partial charge in [-0.25, -0.2) is 4.79 Å². The lowest BCUT2D eigenvalue weighted by atomic mass is 9.92. The van der Waals surface area contributed by atoms with E-state index in [0.717, 1.165) is 18.6 Å². The monoisotopic (exact) mass is 227 g/mol. The van der Waals surface area contributed by atoms with Gasteiger partial charge in [0.15, 0.2) is 0 Å². The van der Waals surface area contributed by atoms with Gasteiger partial charge in [0.05, 0.1) is 6.10 Å². The molecule has 1 aliphatic rings. The van der Waals surface area contributed by atoms with E-state index in [1.807, 2.05) is 6.92 Å². The van der Waals surface area contributed by atoms with Crippen molar-refractivity contribution >= 4 is 11.9 Å². The molecule has 90 valence electrons. The number of likely N-dealkylation sites (tertiary alicyclic amines) is 1. The average molecular weight is 227 g/mol. The van der Waals surface area contributed by atoms with Gasteiger partial charge in [-0.05, 0) is 12.8 Å². The number of carbonyl (C=O) groups excluding carboxylic acids is 1. The molecule has 0 aromatic carbocycles. The van der Waals surface area contributed by atoms with Crippen molar-refractivity contribution in [2.75, 3.05) is 13.1 Å². The summed E-state index contributed by atoms with van der Waals surface area (Å²) >= 11 is 0. The van der Waals surface area contributed by atoms with E-state index in [0.29, 0.717) is 19.5 Å². The Morgan fingerprint density at radius 3 is 2.69 bits per heavy atom. The highest BCUT2D eigenvalue weighted by Crippen LogP contribution is 2.20. The standard InChI is InChI=1S/C11H17NO4/c1-2-8-7-12(6-5-9(8)13)10(14)3-4-11(15)16/h3-4,8-9,13H,2,5-7H2,1H3,(H,15,16)/b4-3+/t8-,9-/m0/s1. The number of aliphatic carboxylic acids is 1. The Labute approximate surface area is 94.4 Å². The summed E-state index contributed by atoms with van der Waals surface area (Å²) in [5.41, 5.74) is 0. The molecule has 2 N–H and O–H groups in total. The van der Waals surface area contributed by atoms with Crippen LogP contribution in [-0.4, -0.2) is 46.2 Å². The van der Waals surface area contributed by atoms with E-state index in [4.69, 9.17) is 5.11 Å². The van der Waals surface area contributed by atoms with Gasteiger partial charge in [-0.3, -0.25) is 4.79 Å². The Hall–Kier alpha value is -1.36. The molecule has 0 radical (unpaired) electrons. The third-order valence-corrected chi connectivity index (χ3v) is 2.90. The number of amides is 1. The molecule has 5 nitrogen and oxygen atoms in total. The molecule has 1 saturated heterocycles. The van der Waals surface area contributed by atoms with Gasteiger partial charge in [-0.2, -0.15) is 0 Å². The largest absolute Gasteiger partial charge is 0.478 e. The smallest absolute Gasteiger partial charge is 0.328 e. The number of nitrogens with zero attached hydrogens (tertiary/aromatic N) is 1. The van der Waals surface area contributed by atoms with Crippen molar-refractivity contribution in [3.63, 3.8) is 0 Å². The molecular formula is C11H17NO4. The fourth-order valence-electron chi connectivity index (χ4n) is 1.87. The summed E-state index contributed by atoms with van der Waals surface area (Å²) < 4.78 is 0. The number of piperidine rings is 1. The number of aliphatic hydroxyl groups excluding tert-OH is 1. The minimum absolute atomic E-state index is 0.0935. The number of hydrogen-bond donors (Lipinski definition) is 2. The lowest BCUT2D eigenvalue weighted by molar-refractivity contribution is -0.133. The predicted octanol–water partition coefficient (Wildman–Crippen LogP) is 0.247. The van der Waals surface area contributed by atoms with Gasteiger partial charge in [0.25, 0.3) is 0 Å². The highest BCUT2D eigenvalue weighted by molar-refractivity contribution is 5.93. The van der Waals surface area contributed by atoms with Crippen LogP contribution >= 0.6 is 0 Å². The fraction of sp³-hybridized carbons (Fsp3) is 0.636. The van der Waals surface area contributed by atoms with Gasteiger partial charge in [0.2, 0.25) is 5.91 Å². The molecule has 0 saturated carbocycles. The zero-order valence-corrected chi connectivity index (χ0v) is 9.30. The summed E-state index contributed by atoms with van der Waals surface area (Å²) in [6.07, 6.45) is 2.93. The SMILES string of the molecule is CC[C@H]1CN(C(=O)/C=C/C(=O)O)CC[C@@H]1O. The van der Waals surface area contributed by atoms with Crippen molar-refractivity contribution in [1.29, 1.82) is 0 Å². The maximum absolute atomic E-state index is 11.6.